The van der Waals surface area contributed by atoms with E-state index in [1.165, 1.54) is 32.6 Å². The molecule has 0 aromatic heterocycles. The van der Waals surface area contributed by atoms with Crippen molar-refractivity contribution in [2.24, 2.45) is 0 Å². The number of hydrogen-bond acceptors (Lipinski definition) is 1. The molecule has 0 bridgehead atoms. The van der Waals surface area contributed by atoms with Gasteiger partial charge in [-0.05, 0) is 56.2 Å². The van der Waals surface area contributed by atoms with E-state index < -0.39 is 9.04 Å². The highest BCUT2D eigenvalue weighted by Crippen LogP contribution is 2.33. The molecule has 4 aromatic carbocycles. The first-order valence-corrected chi connectivity index (χ1v) is 14.0. The zero-order valence-electron chi connectivity index (χ0n) is 19.1. The third-order valence-corrected chi connectivity index (χ3v) is 8.65. The van der Waals surface area contributed by atoms with E-state index >= 15 is 0 Å². The van der Waals surface area contributed by atoms with Crippen LogP contribution < -0.4 is 10.4 Å². The van der Waals surface area contributed by atoms with Crippen LogP contribution in [-0.2, 0) is 16.4 Å². The maximum absolute atomic E-state index is 6.77. The summed E-state index contributed by atoms with van der Waals surface area (Å²) >= 11 is 7.30. The zero-order valence-corrected chi connectivity index (χ0v) is 23.3. The fourth-order valence-electron chi connectivity index (χ4n) is 3.83. The normalized spacial score (nSPS) is 11.7. The van der Waals surface area contributed by atoms with E-state index in [0.717, 1.165) is 8.95 Å². The van der Waals surface area contributed by atoms with Crippen LogP contribution in [0.15, 0.2) is 106 Å². The van der Waals surface area contributed by atoms with Crippen molar-refractivity contribution < 1.29 is 4.43 Å². The van der Waals surface area contributed by atoms with Crippen molar-refractivity contribution in [2.45, 2.75) is 32.8 Å². The van der Waals surface area contributed by atoms with Crippen LogP contribution in [-0.4, -0.2) is 9.04 Å². The van der Waals surface area contributed by atoms with Gasteiger partial charge in [-0.15, -0.1) is 0 Å². The predicted octanol–water partition coefficient (Wildman–Crippen LogP) is 7.50. The van der Waals surface area contributed by atoms with Gasteiger partial charge >= 0.3 is 0 Å². The molecule has 0 heterocycles. The van der Waals surface area contributed by atoms with E-state index in [9.17, 15) is 0 Å². The minimum atomic E-state index is -1.38. The average molecular weight is 579 g/mol. The van der Waals surface area contributed by atoms with Crippen LogP contribution in [0.3, 0.4) is 0 Å². The van der Waals surface area contributed by atoms with Crippen molar-refractivity contribution in [3.05, 3.63) is 117 Å². The molecule has 33 heavy (non-hydrogen) atoms. The van der Waals surface area contributed by atoms with Gasteiger partial charge in [-0.3, -0.25) is 0 Å². The average Bonchev–Trinajstić information content (AvgIpc) is 2.79. The molecule has 0 amide bonds. The first kappa shape index (κ1) is 24.2. The molecule has 167 valence electrons. The SMILES string of the molecule is CC(C)(C)c1ccc(-c2cc(Br)cc(Br)c2)c(CO[Si](c2ccccc2)c2ccccc2)c1. The van der Waals surface area contributed by atoms with Crippen molar-refractivity contribution >= 4 is 51.3 Å². The second-order valence-corrected chi connectivity index (χ2v) is 13.1. The highest BCUT2D eigenvalue weighted by molar-refractivity contribution is 9.11. The lowest BCUT2D eigenvalue weighted by Gasteiger charge is -2.23. The molecule has 0 N–H and O–H groups in total. The van der Waals surface area contributed by atoms with Crippen LogP contribution >= 0.6 is 31.9 Å². The molecule has 0 aliphatic heterocycles. The van der Waals surface area contributed by atoms with Crippen molar-refractivity contribution in [1.29, 1.82) is 0 Å². The fraction of sp³-hybridized carbons (Fsp3) is 0.172. The number of halogens is 2. The van der Waals surface area contributed by atoms with Gasteiger partial charge in [-0.2, -0.15) is 0 Å². The Labute approximate surface area is 215 Å². The topological polar surface area (TPSA) is 9.23 Å². The summed E-state index contributed by atoms with van der Waals surface area (Å²) in [6.07, 6.45) is 0. The van der Waals surface area contributed by atoms with E-state index in [4.69, 9.17) is 4.43 Å². The first-order chi connectivity index (χ1) is 15.8. The molecule has 0 aliphatic carbocycles. The van der Waals surface area contributed by atoms with Gasteiger partial charge in [-0.25, -0.2) is 0 Å². The van der Waals surface area contributed by atoms with Crippen molar-refractivity contribution in [3.63, 3.8) is 0 Å². The van der Waals surface area contributed by atoms with Gasteiger partial charge < -0.3 is 4.43 Å². The molecule has 0 saturated carbocycles. The van der Waals surface area contributed by atoms with Crippen molar-refractivity contribution in [2.75, 3.05) is 0 Å². The fourth-order valence-corrected chi connectivity index (χ4v) is 7.08. The first-order valence-electron chi connectivity index (χ1n) is 11.0. The molecule has 0 unspecified atom stereocenters. The lowest BCUT2D eigenvalue weighted by atomic mass is 9.84. The molecule has 1 radical (unpaired) electrons. The Kier molecular flexibility index (Phi) is 7.70. The molecule has 4 rings (SSSR count). The molecule has 0 fully saturated rings. The lowest BCUT2D eigenvalue weighted by Crippen LogP contribution is -2.44. The number of rotatable bonds is 6. The van der Waals surface area contributed by atoms with Crippen LogP contribution in [0.5, 0.6) is 0 Å². The summed E-state index contributed by atoms with van der Waals surface area (Å²) in [6.45, 7) is 7.32. The minimum Gasteiger partial charge on any atom is -0.403 e. The van der Waals surface area contributed by atoms with Crippen LogP contribution in [0.25, 0.3) is 11.1 Å². The quantitative estimate of drug-likeness (QED) is 0.215. The largest absolute Gasteiger partial charge is 0.403 e. The van der Waals surface area contributed by atoms with Gasteiger partial charge in [0.05, 0.1) is 6.61 Å². The Balaban J connectivity index is 1.74. The highest BCUT2D eigenvalue weighted by Gasteiger charge is 2.21. The molecule has 0 spiro atoms. The number of benzene rings is 4. The van der Waals surface area contributed by atoms with Crippen LogP contribution in [0, 0.1) is 0 Å². The van der Waals surface area contributed by atoms with Crippen LogP contribution in [0.1, 0.15) is 31.9 Å². The summed E-state index contributed by atoms with van der Waals surface area (Å²) in [7, 11) is -1.38. The summed E-state index contributed by atoms with van der Waals surface area (Å²) < 4.78 is 8.87. The van der Waals surface area contributed by atoms with Crippen LogP contribution in [0.2, 0.25) is 0 Å². The van der Waals surface area contributed by atoms with Gasteiger partial charge in [0.15, 0.2) is 0 Å². The van der Waals surface area contributed by atoms with E-state index in [1.807, 2.05) is 0 Å². The van der Waals surface area contributed by atoms with Gasteiger partial charge in [-0.1, -0.05) is 131 Å². The van der Waals surface area contributed by atoms with Gasteiger partial charge in [0.1, 0.15) is 0 Å². The van der Waals surface area contributed by atoms with Gasteiger partial charge in [0.25, 0.3) is 9.04 Å². The molecule has 0 aliphatic rings. The predicted molar refractivity (Wildman–Crippen MR) is 149 cm³/mol. The maximum Gasteiger partial charge on any atom is 0.283 e. The Morgan fingerprint density at radius 3 is 1.76 bits per heavy atom. The minimum absolute atomic E-state index is 0.0672. The molecular weight excluding hydrogens is 552 g/mol. The molecular formula is C29H27Br2OSi. The van der Waals surface area contributed by atoms with E-state index in [2.05, 4.69) is 150 Å². The second-order valence-electron chi connectivity index (χ2n) is 9.13. The second kappa shape index (κ2) is 10.5. The standard InChI is InChI=1S/C29H27Br2OSi/c1-29(2,3)23-14-15-28(21-17-24(30)19-25(31)18-21)22(16-23)20-32-33(26-10-6-4-7-11-26)27-12-8-5-9-13-27/h4-19H,20H2,1-3H3. The molecule has 0 atom stereocenters. The Morgan fingerprint density at radius 1 is 0.697 bits per heavy atom. The van der Waals surface area contributed by atoms with Crippen molar-refractivity contribution in [1.82, 2.24) is 0 Å². The summed E-state index contributed by atoms with van der Waals surface area (Å²) in [6, 6.07) is 34.4. The Morgan fingerprint density at radius 2 is 1.24 bits per heavy atom. The molecule has 0 saturated heterocycles. The summed E-state index contributed by atoms with van der Waals surface area (Å²) in [5, 5.41) is 2.51. The van der Waals surface area contributed by atoms with Gasteiger partial charge in [0.2, 0.25) is 0 Å². The summed E-state index contributed by atoms with van der Waals surface area (Å²) in [4.78, 5) is 0. The number of hydrogen-bond donors (Lipinski definition) is 0. The van der Waals surface area contributed by atoms with Crippen LogP contribution in [0.4, 0.5) is 0 Å². The summed E-state index contributed by atoms with van der Waals surface area (Å²) in [5.41, 5.74) is 4.96. The summed E-state index contributed by atoms with van der Waals surface area (Å²) in [5.74, 6) is 0. The molecule has 4 heteroatoms. The molecule has 4 aromatic rings. The van der Waals surface area contributed by atoms with E-state index in [-0.39, 0.29) is 5.41 Å². The third-order valence-electron chi connectivity index (χ3n) is 5.59. The van der Waals surface area contributed by atoms with Gasteiger partial charge in [0, 0.05) is 8.95 Å². The zero-order chi connectivity index (χ0) is 23.4. The third kappa shape index (κ3) is 6.13. The molecule has 1 nitrogen and oxygen atoms in total. The smallest absolute Gasteiger partial charge is 0.283 e. The Bertz CT molecular complexity index is 1160. The van der Waals surface area contributed by atoms with E-state index in [1.54, 1.807) is 0 Å². The Hall–Kier alpha value is -1.98. The lowest BCUT2D eigenvalue weighted by molar-refractivity contribution is 0.322. The maximum atomic E-state index is 6.77. The van der Waals surface area contributed by atoms with Crippen molar-refractivity contribution in [3.8, 4) is 11.1 Å². The monoisotopic (exact) mass is 577 g/mol. The highest BCUT2D eigenvalue weighted by atomic mass is 79.9. The van der Waals surface area contributed by atoms with E-state index in [0.29, 0.717) is 6.61 Å².